The Bertz CT molecular complexity index is 901. The van der Waals surface area contributed by atoms with Crippen LogP contribution in [0.1, 0.15) is 16.7 Å². The molecule has 0 amide bonds. The quantitative estimate of drug-likeness (QED) is 0.462. The van der Waals surface area contributed by atoms with Gasteiger partial charge in [0.2, 0.25) is 0 Å². The maximum absolute atomic E-state index is 9.48. The highest BCUT2D eigenvalue weighted by atomic mass is 32.2. The third-order valence-electron chi connectivity index (χ3n) is 3.84. The van der Waals surface area contributed by atoms with Crippen molar-refractivity contribution in [2.75, 3.05) is 7.11 Å². The van der Waals surface area contributed by atoms with Gasteiger partial charge in [0.1, 0.15) is 11.0 Å². The first-order valence-corrected chi connectivity index (χ1v) is 11.1. The number of nitriles is 1. The first-order chi connectivity index (χ1) is 13.2. The summed E-state index contributed by atoms with van der Waals surface area (Å²) >= 11 is 4.69. The minimum absolute atomic E-state index is 0.167. The van der Waals surface area contributed by atoms with Crippen LogP contribution in [0.5, 0.6) is 5.75 Å². The van der Waals surface area contributed by atoms with Gasteiger partial charge in [-0.2, -0.15) is 5.26 Å². The average molecular weight is 414 g/mol. The molecular formula is C20H19N3OS3. The molecule has 0 aliphatic heterocycles. The number of ether oxygens (including phenoxy) is 1. The molecule has 4 nitrogen and oxygen atoms in total. The smallest absolute Gasteiger partial charge is 0.176 e. The summed E-state index contributed by atoms with van der Waals surface area (Å²) in [5, 5.41) is 17.8. The van der Waals surface area contributed by atoms with Crippen LogP contribution in [-0.4, -0.2) is 22.6 Å². The SMILES string of the molecule is COc1ccc(CSc2nnc(S[C@@H](C#N)Cc3ccc(C)cc3)s2)cc1. The van der Waals surface area contributed by atoms with E-state index in [1.54, 1.807) is 30.2 Å². The molecule has 0 saturated heterocycles. The first-order valence-electron chi connectivity index (χ1n) is 8.37. The van der Waals surface area contributed by atoms with Crippen LogP contribution >= 0.6 is 34.9 Å². The van der Waals surface area contributed by atoms with E-state index >= 15 is 0 Å². The van der Waals surface area contributed by atoms with Crippen LogP contribution in [0, 0.1) is 18.3 Å². The molecule has 1 heterocycles. The Kier molecular flexibility index (Phi) is 7.16. The van der Waals surface area contributed by atoms with Crippen LogP contribution in [0.3, 0.4) is 0 Å². The van der Waals surface area contributed by atoms with Crippen molar-refractivity contribution in [2.24, 2.45) is 0 Å². The van der Waals surface area contributed by atoms with Gasteiger partial charge in [-0.3, -0.25) is 0 Å². The molecule has 27 heavy (non-hydrogen) atoms. The van der Waals surface area contributed by atoms with E-state index in [4.69, 9.17) is 4.74 Å². The van der Waals surface area contributed by atoms with Crippen LogP contribution < -0.4 is 4.74 Å². The van der Waals surface area contributed by atoms with E-state index < -0.39 is 0 Å². The number of hydrogen-bond donors (Lipinski definition) is 0. The number of hydrogen-bond acceptors (Lipinski definition) is 7. The molecule has 0 fully saturated rings. The third-order valence-corrected chi connectivity index (χ3v) is 7.14. The zero-order chi connectivity index (χ0) is 19.1. The normalized spacial score (nSPS) is 11.7. The fourth-order valence-electron chi connectivity index (χ4n) is 2.34. The van der Waals surface area contributed by atoms with Crippen molar-refractivity contribution in [3.8, 4) is 11.8 Å². The lowest BCUT2D eigenvalue weighted by Crippen LogP contribution is -2.03. The molecule has 1 aromatic heterocycles. The number of aryl methyl sites for hydroxylation is 1. The van der Waals surface area contributed by atoms with Crippen LogP contribution in [0.4, 0.5) is 0 Å². The molecule has 1 atom stereocenters. The molecule has 3 aromatic rings. The number of rotatable bonds is 8. The zero-order valence-corrected chi connectivity index (χ0v) is 17.5. The van der Waals surface area contributed by atoms with Crippen molar-refractivity contribution in [1.82, 2.24) is 10.2 Å². The Morgan fingerprint density at radius 3 is 2.37 bits per heavy atom. The minimum atomic E-state index is -0.167. The Hall–Kier alpha value is -2.01. The van der Waals surface area contributed by atoms with E-state index in [9.17, 15) is 5.26 Å². The fourth-order valence-corrected chi connectivity index (χ4v) is 5.48. The van der Waals surface area contributed by atoms with Crippen molar-refractivity contribution in [3.63, 3.8) is 0 Å². The largest absolute Gasteiger partial charge is 0.497 e. The van der Waals surface area contributed by atoms with Crippen molar-refractivity contribution in [1.29, 1.82) is 5.26 Å². The highest BCUT2D eigenvalue weighted by molar-refractivity contribution is 8.03. The fraction of sp³-hybridized carbons (Fsp3) is 0.250. The van der Waals surface area contributed by atoms with Gasteiger partial charge in [-0.05, 0) is 36.6 Å². The molecule has 0 radical (unpaired) electrons. The van der Waals surface area contributed by atoms with E-state index in [0.717, 1.165) is 20.2 Å². The van der Waals surface area contributed by atoms with Crippen LogP contribution in [0.15, 0.2) is 57.2 Å². The van der Waals surface area contributed by atoms with Gasteiger partial charge < -0.3 is 4.74 Å². The molecule has 2 aromatic carbocycles. The molecule has 0 N–H and O–H groups in total. The summed E-state index contributed by atoms with van der Waals surface area (Å²) in [7, 11) is 1.66. The highest BCUT2D eigenvalue weighted by Crippen LogP contribution is 2.33. The van der Waals surface area contributed by atoms with Crippen LogP contribution in [-0.2, 0) is 12.2 Å². The third kappa shape index (κ3) is 5.99. The number of methoxy groups -OCH3 is 1. The lowest BCUT2D eigenvalue weighted by molar-refractivity contribution is 0.414. The van der Waals surface area contributed by atoms with E-state index in [-0.39, 0.29) is 5.25 Å². The standard InChI is InChI=1S/C20H19N3OS3/c1-14-3-5-15(6-4-14)11-18(12-21)26-20-23-22-19(27-20)25-13-16-7-9-17(24-2)10-8-16/h3-10,18H,11,13H2,1-2H3/t18-/m1/s1. The number of thioether (sulfide) groups is 2. The van der Waals surface area contributed by atoms with Crippen LogP contribution in [0.25, 0.3) is 0 Å². The summed E-state index contributed by atoms with van der Waals surface area (Å²) in [6, 6.07) is 18.7. The number of nitrogens with zero attached hydrogens (tertiary/aromatic N) is 3. The van der Waals surface area contributed by atoms with Crippen molar-refractivity contribution in [3.05, 3.63) is 65.2 Å². The van der Waals surface area contributed by atoms with Crippen molar-refractivity contribution in [2.45, 2.75) is 33.0 Å². The van der Waals surface area contributed by atoms with Crippen LogP contribution in [0.2, 0.25) is 0 Å². The second kappa shape index (κ2) is 9.79. The summed E-state index contributed by atoms with van der Waals surface area (Å²) in [6.45, 7) is 2.06. The van der Waals surface area contributed by atoms with Gasteiger partial charge in [-0.25, -0.2) is 0 Å². The lowest BCUT2D eigenvalue weighted by Gasteiger charge is -2.06. The van der Waals surface area contributed by atoms with Gasteiger partial charge in [0.25, 0.3) is 0 Å². The second-order valence-corrected chi connectivity index (χ2v) is 9.55. The maximum atomic E-state index is 9.48. The summed E-state index contributed by atoms with van der Waals surface area (Å²) in [4.78, 5) is 0. The molecule has 0 unspecified atom stereocenters. The minimum Gasteiger partial charge on any atom is -0.497 e. The molecule has 3 rings (SSSR count). The molecule has 0 bridgehead atoms. The molecular weight excluding hydrogens is 394 g/mol. The predicted molar refractivity (Wildman–Crippen MR) is 113 cm³/mol. The molecule has 7 heteroatoms. The summed E-state index contributed by atoms with van der Waals surface area (Å²) in [6.07, 6.45) is 0.704. The van der Waals surface area contributed by atoms with Gasteiger partial charge in [0.05, 0.1) is 13.2 Å². The van der Waals surface area contributed by atoms with Crippen molar-refractivity contribution >= 4 is 34.9 Å². The number of aromatic nitrogens is 2. The monoisotopic (exact) mass is 413 g/mol. The zero-order valence-electron chi connectivity index (χ0n) is 15.1. The van der Waals surface area contributed by atoms with Gasteiger partial charge in [-0.1, -0.05) is 76.8 Å². The summed E-state index contributed by atoms with van der Waals surface area (Å²) in [5.74, 6) is 1.68. The molecule has 0 spiro atoms. The topological polar surface area (TPSA) is 58.8 Å². The van der Waals surface area contributed by atoms with E-state index in [0.29, 0.717) is 6.42 Å². The Balaban J connectivity index is 1.54. The predicted octanol–water partition coefficient (Wildman–Crippen LogP) is 5.37. The van der Waals surface area contributed by atoms with E-state index in [1.807, 2.05) is 12.1 Å². The van der Waals surface area contributed by atoms with Gasteiger partial charge in [-0.15, -0.1) is 10.2 Å². The molecule has 0 aliphatic carbocycles. The highest BCUT2D eigenvalue weighted by Gasteiger charge is 2.14. The van der Waals surface area contributed by atoms with Gasteiger partial charge in [0.15, 0.2) is 8.68 Å². The Morgan fingerprint density at radius 1 is 1.04 bits per heavy atom. The van der Waals surface area contributed by atoms with Gasteiger partial charge >= 0.3 is 0 Å². The molecule has 0 aliphatic rings. The average Bonchev–Trinajstić information content (AvgIpc) is 3.15. The van der Waals surface area contributed by atoms with E-state index in [2.05, 4.69) is 59.6 Å². The van der Waals surface area contributed by atoms with Crippen molar-refractivity contribution < 1.29 is 4.74 Å². The Morgan fingerprint density at radius 2 is 1.70 bits per heavy atom. The Labute approximate surface area is 172 Å². The maximum Gasteiger partial charge on any atom is 0.176 e. The summed E-state index contributed by atoms with van der Waals surface area (Å²) in [5.41, 5.74) is 3.60. The molecule has 0 saturated carbocycles. The summed E-state index contributed by atoms with van der Waals surface area (Å²) < 4.78 is 6.93. The number of benzene rings is 2. The molecule has 138 valence electrons. The van der Waals surface area contributed by atoms with Gasteiger partial charge in [0, 0.05) is 5.75 Å². The van der Waals surface area contributed by atoms with E-state index in [1.165, 1.54) is 28.5 Å². The second-order valence-electron chi connectivity index (χ2n) is 5.90. The lowest BCUT2D eigenvalue weighted by atomic mass is 10.1. The first kappa shape index (κ1) is 19.7.